The molecule has 1 saturated heterocycles. The van der Waals surface area contributed by atoms with Crippen molar-refractivity contribution in [2.24, 2.45) is 11.8 Å². The normalized spacial score (nSPS) is 21.8. The summed E-state index contributed by atoms with van der Waals surface area (Å²) in [6.45, 7) is 3.20. The van der Waals surface area contributed by atoms with E-state index in [9.17, 15) is 14.7 Å². The van der Waals surface area contributed by atoms with E-state index in [1.54, 1.807) is 6.92 Å². The third-order valence-corrected chi connectivity index (χ3v) is 7.95. The number of carbonyl (C=O) groups excluding carboxylic acids is 1. The van der Waals surface area contributed by atoms with E-state index in [-0.39, 0.29) is 27.5 Å². The summed E-state index contributed by atoms with van der Waals surface area (Å²) in [4.78, 5) is 34.2. The summed E-state index contributed by atoms with van der Waals surface area (Å²) in [6.07, 6.45) is 0. The fraction of sp³-hybridized carbons (Fsp3) is 0.286. The Morgan fingerprint density at radius 1 is 1.19 bits per heavy atom. The average Bonchev–Trinajstić information content (AvgIpc) is 3.16. The summed E-state index contributed by atoms with van der Waals surface area (Å²) in [5.41, 5.74) is 2.22. The monoisotopic (exact) mass is 476 g/mol. The van der Waals surface area contributed by atoms with Gasteiger partial charge >= 0.3 is 5.97 Å². The zero-order valence-electron chi connectivity index (χ0n) is 16.4. The van der Waals surface area contributed by atoms with E-state index in [1.165, 1.54) is 11.3 Å². The lowest BCUT2D eigenvalue weighted by Crippen LogP contribution is -2.34. The van der Waals surface area contributed by atoms with Gasteiger partial charge in [0.1, 0.15) is 10.6 Å². The molecule has 7 nitrogen and oxygen atoms in total. The quantitative estimate of drug-likeness (QED) is 0.509. The Morgan fingerprint density at radius 3 is 2.45 bits per heavy atom. The fourth-order valence-electron chi connectivity index (χ4n) is 4.23. The van der Waals surface area contributed by atoms with E-state index >= 15 is 0 Å². The number of piperidine rings is 1. The average molecular weight is 477 g/mol. The van der Waals surface area contributed by atoms with Crippen molar-refractivity contribution in [3.8, 4) is 11.3 Å². The Hall–Kier alpha value is -2.55. The van der Waals surface area contributed by atoms with Crippen molar-refractivity contribution in [2.75, 3.05) is 18.0 Å². The van der Waals surface area contributed by atoms with Crippen LogP contribution in [0.4, 0.5) is 5.13 Å². The molecule has 2 aromatic heterocycles. The first-order valence-corrected chi connectivity index (χ1v) is 11.3. The number of thiazole rings is 1. The van der Waals surface area contributed by atoms with E-state index in [4.69, 9.17) is 23.2 Å². The van der Waals surface area contributed by atoms with Crippen molar-refractivity contribution < 1.29 is 14.7 Å². The minimum absolute atomic E-state index is 0.0645. The van der Waals surface area contributed by atoms with Crippen molar-refractivity contribution in [3.63, 3.8) is 0 Å². The number of nitrogens with one attached hydrogen (secondary N) is 2. The molecule has 1 aliphatic heterocycles. The van der Waals surface area contributed by atoms with Gasteiger partial charge < -0.3 is 20.3 Å². The number of fused-ring (bicyclic) bond motifs is 1. The molecule has 10 heteroatoms. The van der Waals surface area contributed by atoms with Crippen LogP contribution in [0.3, 0.4) is 0 Å². The molecule has 160 valence electrons. The highest BCUT2D eigenvalue weighted by Crippen LogP contribution is 2.48. The van der Waals surface area contributed by atoms with Crippen LogP contribution in [0.15, 0.2) is 30.3 Å². The molecule has 2 aliphatic rings. The third kappa shape index (κ3) is 3.48. The molecule has 31 heavy (non-hydrogen) atoms. The second kappa shape index (κ2) is 7.55. The van der Waals surface area contributed by atoms with Gasteiger partial charge in [0, 0.05) is 42.2 Å². The van der Waals surface area contributed by atoms with Crippen molar-refractivity contribution in [1.29, 1.82) is 0 Å². The van der Waals surface area contributed by atoms with Crippen molar-refractivity contribution >= 4 is 51.5 Å². The van der Waals surface area contributed by atoms with Crippen LogP contribution in [0.1, 0.15) is 25.9 Å². The number of aromatic nitrogens is 2. The molecule has 1 saturated carbocycles. The number of aryl methyl sites for hydroxylation is 1. The molecule has 3 atom stereocenters. The molecule has 3 N–H and O–H groups in total. The van der Waals surface area contributed by atoms with Crippen LogP contribution in [0.25, 0.3) is 11.3 Å². The molecule has 0 bridgehead atoms. The smallest absolute Gasteiger partial charge is 0.348 e. The number of carboxylic acid groups (broad SMARTS) is 1. The first-order valence-electron chi connectivity index (χ1n) is 9.74. The molecule has 0 spiro atoms. The van der Waals surface area contributed by atoms with Crippen LogP contribution >= 0.6 is 34.5 Å². The van der Waals surface area contributed by atoms with Gasteiger partial charge in [0.25, 0.3) is 5.91 Å². The lowest BCUT2D eigenvalue weighted by Gasteiger charge is -2.19. The van der Waals surface area contributed by atoms with Crippen LogP contribution < -0.4 is 10.2 Å². The van der Waals surface area contributed by atoms with E-state index in [1.807, 2.05) is 30.3 Å². The summed E-state index contributed by atoms with van der Waals surface area (Å²) in [7, 11) is 0. The number of hydrogen-bond donors (Lipinski definition) is 3. The number of rotatable bonds is 5. The zero-order valence-corrected chi connectivity index (χ0v) is 18.7. The number of aromatic carboxylic acids is 1. The van der Waals surface area contributed by atoms with E-state index in [0.29, 0.717) is 46.5 Å². The topological polar surface area (TPSA) is 98.3 Å². The van der Waals surface area contributed by atoms with Gasteiger partial charge in [-0.15, -0.1) is 0 Å². The van der Waals surface area contributed by atoms with Gasteiger partial charge in [-0.3, -0.25) is 4.79 Å². The Bertz CT molecular complexity index is 1180. The number of nitrogens with zero attached hydrogens (tertiary/aromatic N) is 2. The fourth-order valence-corrected chi connectivity index (χ4v) is 5.59. The summed E-state index contributed by atoms with van der Waals surface area (Å²) in [6, 6.07) is 9.40. The lowest BCUT2D eigenvalue weighted by atomic mass is 10.1. The maximum absolute atomic E-state index is 12.6. The molecule has 0 unspecified atom stereocenters. The maximum Gasteiger partial charge on any atom is 0.348 e. The number of halogens is 2. The molecule has 0 radical (unpaired) electrons. The standard InChI is InChI=1S/C21H18Cl2N4O3S/c1-9-13(22)14(23)17(24-9)19(28)25-16-11-7-27(8-12(11)16)21-26-15(18(31-21)20(29)30)10-5-3-2-4-6-10/h2-6,11-12,16,24H,7-8H2,1H3,(H,25,28)(H,29,30)/t11-,12+,16+. The largest absolute Gasteiger partial charge is 0.477 e. The van der Waals surface area contributed by atoms with Crippen LogP contribution in [0.5, 0.6) is 0 Å². The second-order valence-electron chi connectivity index (χ2n) is 7.83. The number of carboxylic acids is 1. The van der Waals surface area contributed by atoms with E-state index < -0.39 is 5.97 Å². The molecular weight excluding hydrogens is 459 g/mol. The predicted octanol–water partition coefficient (Wildman–Crippen LogP) is 4.32. The molecule has 1 amide bonds. The highest BCUT2D eigenvalue weighted by molar-refractivity contribution is 7.17. The summed E-state index contributed by atoms with van der Waals surface area (Å²) in [5.74, 6) is -0.646. The van der Waals surface area contributed by atoms with E-state index in [2.05, 4.69) is 20.2 Å². The minimum atomic E-state index is -0.978. The van der Waals surface area contributed by atoms with Gasteiger partial charge in [-0.25, -0.2) is 9.78 Å². The number of benzene rings is 1. The van der Waals surface area contributed by atoms with E-state index in [0.717, 1.165) is 5.56 Å². The number of anilines is 1. The Morgan fingerprint density at radius 2 is 1.87 bits per heavy atom. The number of amides is 1. The molecule has 1 aromatic carbocycles. The zero-order chi connectivity index (χ0) is 21.9. The lowest BCUT2D eigenvalue weighted by molar-refractivity contribution is 0.0702. The Kier molecular flexibility index (Phi) is 4.96. The maximum atomic E-state index is 12.6. The number of hydrogen-bond acceptors (Lipinski definition) is 5. The van der Waals surface area contributed by atoms with Gasteiger partial charge in [0.15, 0.2) is 5.13 Å². The van der Waals surface area contributed by atoms with Gasteiger partial charge in [0.2, 0.25) is 0 Å². The van der Waals surface area contributed by atoms with Gasteiger partial charge in [-0.2, -0.15) is 0 Å². The molecule has 3 aromatic rings. The minimum Gasteiger partial charge on any atom is -0.477 e. The summed E-state index contributed by atoms with van der Waals surface area (Å²) >= 11 is 13.4. The Labute approximate surface area is 192 Å². The van der Waals surface area contributed by atoms with Gasteiger partial charge in [-0.1, -0.05) is 64.9 Å². The van der Waals surface area contributed by atoms with Crippen LogP contribution in [-0.2, 0) is 0 Å². The molecule has 1 aliphatic carbocycles. The molecular formula is C21H18Cl2N4O3S. The van der Waals surface area contributed by atoms with Gasteiger partial charge in [0.05, 0.1) is 15.7 Å². The first kappa shape index (κ1) is 20.4. The summed E-state index contributed by atoms with van der Waals surface area (Å²) < 4.78 is 0. The van der Waals surface area contributed by atoms with Crippen LogP contribution in [-0.4, -0.2) is 46.1 Å². The second-order valence-corrected chi connectivity index (χ2v) is 9.56. The SMILES string of the molecule is Cc1[nH]c(C(=O)N[C@H]2[C@@H]3CN(c4nc(-c5ccccc5)c(C(=O)O)s4)C[C@@H]32)c(Cl)c1Cl. The van der Waals surface area contributed by atoms with Crippen molar-refractivity contribution in [2.45, 2.75) is 13.0 Å². The summed E-state index contributed by atoms with van der Waals surface area (Å²) in [5, 5.41) is 14.0. The molecule has 5 rings (SSSR count). The first-order chi connectivity index (χ1) is 14.8. The van der Waals surface area contributed by atoms with Crippen LogP contribution in [0, 0.1) is 18.8 Å². The van der Waals surface area contributed by atoms with Gasteiger partial charge in [-0.05, 0) is 6.92 Å². The van der Waals surface area contributed by atoms with Crippen LogP contribution in [0.2, 0.25) is 10.0 Å². The highest BCUT2D eigenvalue weighted by Gasteiger charge is 2.57. The molecule has 2 fully saturated rings. The van der Waals surface area contributed by atoms with Crippen molar-refractivity contribution in [1.82, 2.24) is 15.3 Å². The highest BCUT2D eigenvalue weighted by atomic mass is 35.5. The Balaban J connectivity index is 1.28. The number of H-pyrrole nitrogens is 1. The molecule has 3 heterocycles. The predicted molar refractivity (Wildman–Crippen MR) is 121 cm³/mol. The number of carbonyl (C=O) groups is 2. The van der Waals surface area contributed by atoms with Crippen molar-refractivity contribution in [3.05, 3.63) is 56.6 Å². The number of aromatic amines is 1. The third-order valence-electron chi connectivity index (χ3n) is 5.90.